The minimum Gasteiger partial charge on any atom is -0.395 e. The van der Waals surface area contributed by atoms with Gasteiger partial charge in [-0.2, -0.15) is 8.42 Å². The van der Waals surface area contributed by atoms with Crippen molar-refractivity contribution in [1.29, 1.82) is 0 Å². The third-order valence-corrected chi connectivity index (χ3v) is 5.02. The number of rotatable bonds is 18. The fourth-order valence-electron chi connectivity index (χ4n) is 2.12. The van der Waals surface area contributed by atoms with E-state index in [1.54, 1.807) is 7.05 Å². The minimum atomic E-state index is -3.62. The average Bonchev–Trinajstić information content (AvgIpc) is 2.81. The van der Waals surface area contributed by atoms with Crippen molar-refractivity contribution >= 4 is 10.1 Å². The first-order valence-corrected chi connectivity index (χ1v) is 13.5. The van der Waals surface area contributed by atoms with Crippen LogP contribution in [0.1, 0.15) is 71.1 Å². The molecule has 0 amide bonds. The van der Waals surface area contributed by atoms with Crippen LogP contribution in [-0.2, 0) is 14.3 Å². The molecule has 0 saturated heterocycles. The SMILES string of the molecule is CCCCCCCCCCCC(O)OS(=O)(=O)CCNC.NCCO.NCCO.NCCO. The van der Waals surface area contributed by atoms with Gasteiger partial charge in [0, 0.05) is 26.2 Å². The Balaban J connectivity index is -0.000000287. The molecule has 0 aliphatic carbocycles. The first-order valence-electron chi connectivity index (χ1n) is 11.9. The van der Waals surface area contributed by atoms with Crippen molar-refractivity contribution in [2.45, 2.75) is 77.4 Å². The number of hydrogen-bond donors (Lipinski definition) is 8. The van der Waals surface area contributed by atoms with E-state index in [4.69, 9.17) is 36.7 Å². The van der Waals surface area contributed by atoms with E-state index in [9.17, 15) is 13.5 Å². The molecule has 0 aliphatic heterocycles. The van der Waals surface area contributed by atoms with Crippen LogP contribution in [0, 0.1) is 0 Å². The van der Waals surface area contributed by atoms with Crippen molar-refractivity contribution in [3.8, 4) is 0 Å². The van der Waals surface area contributed by atoms with Crippen molar-refractivity contribution < 1.29 is 33.0 Å². The molecular weight excluding hydrogens is 452 g/mol. The summed E-state index contributed by atoms with van der Waals surface area (Å²) in [5.74, 6) is -0.113. The largest absolute Gasteiger partial charge is 0.395 e. The van der Waals surface area contributed by atoms with Crippen LogP contribution in [-0.4, -0.2) is 93.9 Å². The summed E-state index contributed by atoms with van der Waals surface area (Å²) in [4.78, 5) is 0. The van der Waals surface area contributed by atoms with E-state index < -0.39 is 16.4 Å². The zero-order valence-electron chi connectivity index (χ0n) is 21.0. The molecule has 0 rings (SSSR count). The maximum absolute atomic E-state index is 11.4. The van der Waals surface area contributed by atoms with Gasteiger partial charge in [0.2, 0.25) is 0 Å². The van der Waals surface area contributed by atoms with E-state index in [1.807, 2.05) is 0 Å². The lowest BCUT2D eigenvalue weighted by Crippen LogP contribution is -2.25. The molecule has 12 heteroatoms. The second-order valence-corrected chi connectivity index (χ2v) is 8.79. The summed E-state index contributed by atoms with van der Waals surface area (Å²) in [5.41, 5.74) is 14.3. The molecule has 0 radical (unpaired) electrons. The summed E-state index contributed by atoms with van der Waals surface area (Å²) >= 11 is 0. The molecule has 0 aliphatic rings. The summed E-state index contributed by atoms with van der Waals surface area (Å²) in [5, 5.41) is 35.6. The standard InChI is InChI=1S/C15H33NO4S.3C2H7NO/c1-3-4-5-6-7-8-9-10-11-12-15(17)20-21(18,19)14-13-16-2;3*3-1-2-4/h15-17H,3-14H2,1-2H3;3*4H,1-3H2. The zero-order chi connectivity index (χ0) is 26.2. The molecule has 11 nitrogen and oxygen atoms in total. The maximum atomic E-state index is 11.4. The molecule has 0 bridgehead atoms. The number of nitrogens with one attached hydrogen (secondary N) is 1. The van der Waals surface area contributed by atoms with E-state index in [1.165, 1.54) is 38.5 Å². The molecule has 0 spiro atoms. The Kier molecular flexibility index (Phi) is 43.6. The Labute approximate surface area is 202 Å². The number of aliphatic hydroxyl groups is 4. The monoisotopic (exact) mass is 506 g/mol. The van der Waals surface area contributed by atoms with Crippen molar-refractivity contribution in [2.24, 2.45) is 17.2 Å². The highest BCUT2D eigenvalue weighted by Gasteiger charge is 2.16. The fourth-order valence-corrected chi connectivity index (χ4v) is 3.11. The van der Waals surface area contributed by atoms with Gasteiger partial charge in [0.15, 0.2) is 6.29 Å². The van der Waals surface area contributed by atoms with E-state index in [-0.39, 0.29) is 25.6 Å². The predicted octanol–water partition coefficient (Wildman–Crippen LogP) is -0.396. The first kappa shape index (κ1) is 39.8. The summed E-state index contributed by atoms with van der Waals surface area (Å²) in [6, 6.07) is 0. The third-order valence-electron chi connectivity index (χ3n) is 3.80. The highest BCUT2D eigenvalue weighted by Crippen LogP contribution is 2.12. The molecule has 0 fully saturated rings. The van der Waals surface area contributed by atoms with Crippen LogP contribution in [0.4, 0.5) is 0 Å². The number of aliphatic hydroxyl groups excluding tert-OH is 4. The van der Waals surface area contributed by atoms with Gasteiger partial charge in [-0.15, -0.1) is 0 Å². The van der Waals surface area contributed by atoms with Crippen molar-refractivity contribution in [3.05, 3.63) is 0 Å². The minimum absolute atomic E-state index is 0.0972. The molecular formula is C21H54N4O7S. The van der Waals surface area contributed by atoms with Gasteiger partial charge in [-0.05, 0) is 19.9 Å². The van der Waals surface area contributed by atoms with E-state index in [0.717, 1.165) is 19.3 Å². The summed E-state index contributed by atoms with van der Waals surface area (Å²) in [6.45, 7) is 3.96. The summed E-state index contributed by atoms with van der Waals surface area (Å²) in [7, 11) is -1.94. The topological polar surface area (TPSA) is 214 Å². The predicted molar refractivity (Wildman–Crippen MR) is 135 cm³/mol. The van der Waals surface area contributed by atoms with Gasteiger partial charge in [0.05, 0.1) is 25.6 Å². The Morgan fingerprint density at radius 2 is 1.15 bits per heavy atom. The van der Waals surface area contributed by atoms with Crippen LogP contribution in [0.15, 0.2) is 0 Å². The van der Waals surface area contributed by atoms with Crippen LogP contribution in [0.2, 0.25) is 0 Å². The van der Waals surface area contributed by atoms with Gasteiger partial charge in [-0.1, -0.05) is 58.3 Å². The molecule has 206 valence electrons. The van der Waals surface area contributed by atoms with Crippen molar-refractivity contribution in [2.75, 3.05) is 58.8 Å². The summed E-state index contributed by atoms with van der Waals surface area (Å²) < 4.78 is 27.6. The van der Waals surface area contributed by atoms with Crippen LogP contribution in [0.3, 0.4) is 0 Å². The number of hydrogen-bond acceptors (Lipinski definition) is 11. The van der Waals surface area contributed by atoms with Gasteiger partial charge in [0.25, 0.3) is 10.1 Å². The van der Waals surface area contributed by atoms with Crippen LogP contribution in [0.5, 0.6) is 0 Å². The lowest BCUT2D eigenvalue weighted by atomic mass is 10.1. The smallest absolute Gasteiger partial charge is 0.271 e. The van der Waals surface area contributed by atoms with E-state index >= 15 is 0 Å². The maximum Gasteiger partial charge on any atom is 0.271 e. The quantitative estimate of drug-likeness (QED) is 0.0680. The summed E-state index contributed by atoms with van der Waals surface area (Å²) in [6.07, 6.45) is 9.88. The highest BCUT2D eigenvalue weighted by atomic mass is 32.2. The Hall–Kier alpha value is -0.410. The van der Waals surface area contributed by atoms with Crippen LogP contribution in [0.25, 0.3) is 0 Å². The number of unbranched alkanes of at least 4 members (excludes halogenated alkanes) is 8. The van der Waals surface area contributed by atoms with Gasteiger partial charge in [-0.25, -0.2) is 4.18 Å². The second-order valence-electron chi connectivity index (χ2n) is 7.07. The molecule has 0 aromatic carbocycles. The molecule has 1 unspecified atom stereocenters. The molecule has 33 heavy (non-hydrogen) atoms. The van der Waals surface area contributed by atoms with Gasteiger partial charge in [0.1, 0.15) is 0 Å². The van der Waals surface area contributed by atoms with Gasteiger partial charge in [-0.3, -0.25) is 0 Å². The van der Waals surface area contributed by atoms with Crippen LogP contribution >= 0.6 is 0 Å². The van der Waals surface area contributed by atoms with Gasteiger partial charge >= 0.3 is 0 Å². The first-order chi connectivity index (χ1) is 15.8. The van der Waals surface area contributed by atoms with Crippen LogP contribution < -0.4 is 22.5 Å². The zero-order valence-corrected chi connectivity index (χ0v) is 21.8. The molecule has 0 saturated carbocycles. The van der Waals surface area contributed by atoms with Crippen molar-refractivity contribution in [3.63, 3.8) is 0 Å². The van der Waals surface area contributed by atoms with Crippen molar-refractivity contribution in [1.82, 2.24) is 5.32 Å². The Morgan fingerprint density at radius 3 is 1.48 bits per heavy atom. The Bertz CT molecular complexity index is 404. The third kappa shape index (κ3) is 49.7. The average molecular weight is 507 g/mol. The molecule has 0 aromatic rings. The number of nitrogens with two attached hydrogens (primary N) is 3. The molecule has 0 aromatic heterocycles. The lowest BCUT2D eigenvalue weighted by molar-refractivity contribution is -0.0192. The fraction of sp³-hybridized carbons (Fsp3) is 1.00. The molecule has 1 atom stereocenters. The molecule has 0 heterocycles. The highest BCUT2D eigenvalue weighted by molar-refractivity contribution is 7.86. The van der Waals surface area contributed by atoms with E-state index in [2.05, 4.69) is 12.2 Å². The normalized spacial score (nSPS) is 11.3. The van der Waals surface area contributed by atoms with Gasteiger partial charge < -0.3 is 42.9 Å². The second kappa shape index (κ2) is 36.2. The Morgan fingerprint density at radius 1 is 0.788 bits per heavy atom. The molecule has 11 N–H and O–H groups in total. The lowest BCUT2D eigenvalue weighted by Gasteiger charge is -2.11. The van der Waals surface area contributed by atoms with E-state index in [0.29, 0.717) is 32.6 Å².